The maximum absolute atomic E-state index is 11.8. The summed E-state index contributed by atoms with van der Waals surface area (Å²) < 4.78 is 36.4. The Morgan fingerprint density at radius 2 is 1.80 bits per heavy atom. The lowest BCUT2D eigenvalue weighted by molar-refractivity contribution is -0.173. The number of halogens is 4. The molecule has 0 atom stereocenters. The van der Waals surface area contributed by atoms with Gasteiger partial charge in [0, 0.05) is 10.1 Å². The normalized spacial score (nSPS) is 11.2. The maximum Gasteiger partial charge on any atom is 0.471 e. The van der Waals surface area contributed by atoms with E-state index in [0.717, 1.165) is 3.57 Å². The van der Waals surface area contributed by atoms with Gasteiger partial charge in [-0.1, -0.05) is 12.1 Å². The van der Waals surface area contributed by atoms with Gasteiger partial charge >= 0.3 is 12.1 Å². The van der Waals surface area contributed by atoms with E-state index in [1.54, 1.807) is 29.6 Å². The molecule has 82 valence electrons. The standard InChI is InChI=1S/C9H7F3INO/c10-9(11,12)8(15)14-5-6-1-3-7(13)4-2-6/h1-4H,5H2,(H,14,15). The number of carbonyl (C=O) groups is 1. The van der Waals surface area contributed by atoms with Crippen LogP contribution in [0, 0.1) is 3.57 Å². The van der Waals surface area contributed by atoms with Crippen LogP contribution in [0.3, 0.4) is 0 Å². The Balaban J connectivity index is 2.51. The minimum absolute atomic E-state index is 0.116. The van der Waals surface area contributed by atoms with Crippen LogP contribution in [0.4, 0.5) is 13.2 Å². The van der Waals surface area contributed by atoms with Crippen molar-refractivity contribution in [1.82, 2.24) is 5.32 Å². The van der Waals surface area contributed by atoms with E-state index in [9.17, 15) is 18.0 Å². The monoisotopic (exact) mass is 329 g/mol. The molecule has 0 heterocycles. The highest BCUT2D eigenvalue weighted by Crippen LogP contribution is 2.14. The van der Waals surface area contributed by atoms with Crippen LogP contribution in [-0.2, 0) is 11.3 Å². The van der Waals surface area contributed by atoms with Crippen LogP contribution in [-0.4, -0.2) is 12.1 Å². The van der Waals surface area contributed by atoms with Gasteiger partial charge in [-0.15, -0.1) is 0 Å². The molecular weight excluding hydrogens is 322 g/mol. The zero-order chi connectivity index (χ0) is 11.5. The van der Waals surface area contributed by atoms with Crippen LogP contribution in [0.5, 0.6) is 0 Å². The fraction of sp³-hybridized carbons (Fsp3) is 0.222. The summed E-state index contributed by atoms with van der Waals surface area (Å²) in [5, 5.41) is 1.79. The van der Waals surface area contributed by atoms with Crippen molar-refractivity contribution in [2.75, 3.05) is 0 Å². The zero-order valence-electron chi connectivity index (χ0n) is 7.44. The lowest BCUT2D eigenvalue weighted by Crippen LogP contribution is -2.36. The van der Waals surface area contributed by atoms with Crippen molar-refractivity contribution in [2.45, 2.75) is 12.7 Å². The van der Waals surface area contributed by atoms with Crippen molar-refractivity contribution in [3.8, 4) is 0 Å². The highest BCUT2D eigenvalue weighted by Gasteiger charge is 2.38. The van der Waals surface area contributed by atoms with E-state index in [-0.39, 0.29) is 6.54 Å². The second-order valence-corrected chi connectivity index (χ2v) is 4.05. The van der Waals surface area contributed by atoms with E-state index in [4.69, 9.17) is 0 Å². The number of alkyl halides is 3. The zero-order valence-corrected chi connectivity index (χ0v) is 9.59. The third kappa shape index (κ3) is 4.06. The molecule has 1 amide bonds. The van der Waals surface area contributed by atoms with Gasteiger partial charge in [0.05, 0.1) is 0 Å². The highest BCUT2D eigenvalue weighted by atomic mass is 127. The molecule has 0 unspecified atom stereocenters. The van der Waals surface area contributed by atoms with Crippen molar-refractivity contribution >= 4 is 28.5 Å². The SMILES string of the molecule is O=C(NCc1ccc(I)cc1)C(F)(F)F. The van der Waals surface area contributed by atoms with E-state index in [2.05, 4.69) is 22.6 Å². The largest absolute Gasteiger partial charge is 0.471 e. The van der Waals surface area contributed by atoms with Gasteiger partial charge in [-0.2, -0.15) is 13.2 Å². The minimum atomic E-state index is -4.82. The van der Waals surface area contributed by atoms with Gasteiger partial charge in [-0.25, -0.2) is 0 Å². The second-order valence-electron chi connectivity index (χ2n) is 2.81. The first kappa shape index (κ1) is 12.3. The summed E-state index contributed by atoms with van der Waals surface area (Å²) in [6.07, 6.45) is -4.82. The van der Waals surface area contributed by atoms with Gasteiger partial charge in [0.15, 0.2) is 0 Å². The van der Waals surface area contributed by atoms with Crippen molar-refractivity contribution in [3.63, 3.8) is 0 Å². The van der Waals surface area contributed by atoms with Gasteiger partial charge in [-0.3, -0.25) is 4.79 Å². The van der Waals surface area contributed by atoms with Crippen LogP contribution >= 0.6 is 22.6 Å². The third-order valence-corrected chi connectivity index (χ3v) is 2.34. The van der Waals surface area contributed by atoms with Crippen LogP contribution < -0.4 is 5.32 Å². The Morgan fingerprint density at radius 3 is 2.27 bits per heavy atom. The molecule has 6 heteroatoms. The Labute approximate surface area is 98.0 Å². The molecule has 0 aliphatic rings. The predicted molar refractivity (Wildman–Crippen MR) is 57.1 cm³/mol. The van der Waals surface area contributed by atoms with Crippen molar-refractivity contribution < 1.29 is 18.0 Å². The quantitative estimate of drug-likeness (QED) is 0.830. The predicted octanol–water partition coefficient (Wildman–Crippen LogP) is 2.47. The lowest BCUT2D eigenvalue weighted by Gasteiger charge is -2.07. The van der Waals surface area contributed by atoms with Crippen LogP contribution in [0.15, 0.2) is 24.3 Å². The van der Waals surface area contributed by atoms with E-state index in [1.807, 2.05) is 0 Å². The van der Waals surface area contributed by atoms with E-state index < -0.39 is 12.1 Å². The number of nitrogens with one attached hydrogen (secondary N) is 1. The summed E-state index contributed by atoms with van der Waals surface area (Å²) in [5.74, 6) is -1.92. The Kier molecular flexibility index (Phi) is 3.95. The molecular formula is C9H7F3INO. The van der Waals surface area contributed by atoms with E-state index in [0.29, 0.717) is 5.56 Å². The average molecular weight is 329 g/mol. The number of carbonyl (C=O) groups excluding carboxylic acids is 1. The topological polar surface area (TPSA) is 29.1 Å². The van der Waals surface area contributed by atoms with Crippen LogP contribution in [0.1, 0.15) is 5.56 Å². The van der Waals surface area contributed by atoms with Gasteiger partial charge in [0.2, 0.25) is 0 Å². The smallest absolute Gasteiger partial charge is 0.344 e. The summed E-state index contributed by atoms with van der Waals surface area (Å²) >= 11 is 2.08. The highest BCUT2D eigenvalue weighted by molar-refractivity contribution is 14.1. The van der Waals surface area contributed by atoms with Crippen LogP contribution in [0.2, 0.25) is 0 Å². The number of hydrogen-bond donors (Lipinski definition) is 1. The minimum Gasteiger partial charge on any atom is -0.344 e. The van der Waals surface area contributed by atoms with Gasteiger partial charge in [-0.05, 0) is 40.3 Å². The van der Waals surface area contributed by atoms with Crippen molar-refractivity contribution in [1.29, 1.82) is 0 Å². The molecule has 0 saturated heterocycles. The van der Waals surface area contributed by atoms with Crippen molar-refractivity contribution in [2.24, 2.45) is 0 Å². The fourth-order valence-electron chi connectivity index (χ4n) is 0.885. The van der Waals surface area contributed by atoms with E-state index in [1.165, 1.54) is 0 Å². The summed E-state index contributed by atoms with van der Waals surface area (Å²) in [6, 6.07) is 6.85. The maximum atomic E-state index is 11.8. The first-order valence-corrected chi connectivity index (χ1v) is 5.07. The summed E-state index contributed by atoms with van der Waals surface area (Å²) in [6.45, 7) is -0.116. The molecule has 0 radical (unpaired) electrons. The molecule has 15 heavy (non-hydrogen) atoms. The van der Waals surface area contributed by atoms with Gasteiger partial charge in [0.25, 0.3) is 0 Å². The molecule has 0 saturated carbocycles. The molecule has 0 aromatic heterocycles. The van der Waals surface area contributed by atoms with Gasteiger partial charge in [0.1, 0.15) is 0 Å². The number of benzene rings is 1. The van der Waals surface area contributed by atoms with E-state index >= 15 is 0 Å². The first-order valence-electron chi connectivity index (χ1n) is 3.99. The molecule has 0 aliphatic carbocycles. The van der Waals surface area contributed by atoms with Crippen molar-refractivity contribution in [3.05, 3.63) is 33.4 Å². The van der Waals surface area contributed by atoms with Crippen LogP contribution in [0.25, 0.3) is 0 Å². The third-order valence-electron chi connectivity index (χ3n) is 1.62. The molecule has 1 rings (SSSR count). The number of rotatable bonds is 2. The fourth-order valence-corrected chi connectivity index (χ4v) is 1.24. The first-order chi connectivity index (χ1) is 6.89. The Hall–Kier alpha value is -0.790. The van der Waals surface area contributed by atoms with Gasteiger partial charge < -0.3 is 5.32 Å². The Morgan fingerprint density at radius 1 is 1.27 bits per heavy atom. The number of hydrogen-bond acceptors (Lipinski definition) is 1. The summed E-state index contributed by atoms with van der Waals surface area (Å²) in [4.78, 5) is 10.5. The summed E-state index contributed by atoms with van der Waals surface area (Å²) in [7, 11) is 0. The molecule has 1 aromatic rings. The molecule has 0 aliphatic heterocycles. The molecule has 0 fully saturated rings. The molecule has 1 aromatic carbocycles. The molecule has 0 spiro atoms. The lowest BCUT2D eigenvalue weighted by atomic mass is 10.2. The Bertz CT molecular complexity index is 347. The number of amides is 1. The summed E-state index contributed by atoms with van der Waals surface area (Å²) in [5.41, 5.74) is 0.632. The average Bonchev–Trinajstić information content (AvgIpc) is 2.15. The molecule has 1 N–H and O–H groups in total. The second kappa shape index (κ2) is 4.82. The molecule has 0 bridgehead atoms. The molecule has 2 nitrogen and oxygen atoms in total.